The van der Waals surface area contributed by atoms with Crippen molar-refractivity contribution in [3.63, 3.8) is 0 Å². The van der Waals surface area contributed by atoms with Crippen molar-refractivity contribution < 1.29 is 15.0 Å². The summed E-state index contributed by atoms with van der Waals surface area (Å²) < 4.78 is 0. The van der Waals surface area contributed by atoms with Gasteiger partial charge in [-0.3, -0.25) is 4.79 Å². The molecule has 0 aliphatic heterocycles. The van der Waals surface area contributed by atoms with E-state index < -0.39 is 12.3 Å². The van der Waals surface area contributed by atoms with E-state index in [4.69, 9.17) is 0 Å². The zero-order valence-electron chi connectivity index (χ0n) is 15.6. The smallest absolute Gasteiger partial charge is 0.223 e. The highest BCUT2D eigenvalue weighted by Crippen LogP contribution is 2.19. The Bertz CT molecular complexity index is 658. The van der Waals surface area contributed by atoms with E-state index in [9.17, 15) is 15.0 Å². The van der Waals surface area contributed by atoms with Gasteiger partial charge in [0.15, 0.2) is 6.29 Å². The summed E-state index contributed by atoms with van der Waals surface area (Å²) in [6, 6.07) is 18.6. The van der Waals surface area contributed by atoms with E-state index in [0.717, 1.165) is 17.5 Å². The zero-order valence-corrected chi connectivity index (χ0v) is 15.6. The molecule has 2 aromatic carbocycles. The minimum Gasteiger partial charge on any atom is -0.366 e. The summed E-state index contributed by atoms with van der Waals surface area (Å²) >= 11 is 0. The van der Waals surface area contributed by atoms with Crippen molar-refractivity contribution in [1.82, 2.24) is 4.90 Å². The third-order valence-electron chi connectivity index (χ3n) is 4.77. The molecule has 0 saturated carbocycles. The summed E-state index contributed by atoms with van der Waals surface area (Å²) in [5.74, 6) is 0.214. The summed E-state index contributed by atoms with van der Waals surface area (Å²) in [5, 5.41) is 20.0. The Labute approximate surface area is 156 Å². The van der Waals surface area contributed by atoms with Gasteiger partial charge >= 0.3 is 0 Å². The fraction of sp³-hybridized carbons (Fsp3) is 0.409. The average Bonchev–Trinajstić information content (AvgIpc) is 2.65. The third-order valence-corrected chi connectivity index (χ3v) is 4.77. The highest BCUT2D eigenvalue weighted by Gasteiger charge is 2.29. The van der Waals surface area contributed by atoms with E-state index in [2.05, 4.69) is 6.92 Å². The van der Waals surface area contributed by atoms with E-state index in [1.54, 1.807) is 4.90 Å². The van der Waals surface area contributed by atoms with Crippen LogP contribution in [0.5, 0.6) is 0 Å². The Balaban J connectivity index is 2.26. The second-order valence-electron chi connectivity index (χ2n) is 6.90. The molecule has 2 N–H and O–H groups in total. The lowest BCUT2D eigenvalue weighted by Crippen LogP contribution is -2.48. The molecule has 0 spiro atoms. The lowest BCUT2D eigenvalue weighted by molar-refractivity contribution is -0.149. The van der Waals surface area contributed by atoms with Gasteiger partial charge in [-0.15, -0.1) is 0 Å². The molecular weight excluding hydrogens is 326 g/mol. The van der Waals surface area contributed by atoms with Crippen molar-refractivity contribution in [2.75, 3.05) is 0 Å². The minimum absolute atomic E-state index is 0.0442. The van der Waals surface area contributed by atoms with Crippen molar-refractivity contribution in [1.29, 1.82) is 0 Å². The standard InChI is InChI=1S/C22H29NO3/c1-3-17(2)14-21(24)23(16-19-12-8-5-9-13-19)20(22(25)26)15-18-10-6-4-7-11-18/h4-13,17,20,22,25-26H,3,14-16H2,1-2H3/t17?,20-/m0/s1. The molecule has 0 radical (unpaired) electrons. The molecule has 1 amide bonds. The number of carbonyl (C=O) groups excluding carboxylic acids is 1. The second-order valence-corrected chi connectivity index (χ2v) is 6.90. The molecule has 0 heterocycles. The molecule has 0 aliphatic rings. The van der Waals surface area contributed by atoms with Crippen molar-refractivity contribution in [3.8, 4) is 0 Å². The molecule has 0 aliphatic carbocycles. The first kappa shape index (κ1) is 20.1. The number of aliphatic hydroxyl groups excluding tert-OH is 1. The first-order valence-electron chi connectivity index (χ1n) is 9.24. The van der Waals surface area contributed by atoms with Gasteiger partial charge in [0.25, 0.3) is 0 Å². The Hall–Kier alpha value is -2.17. The molecule has 2 aromatic rings. The fourth-order valence-electron chi connectivity index (χ4n) is 2.96. The van der Waals surface area contributed by atoms with Gasteiger partial charge in [-0.1, -0.05) is 80.9 Å². The Morgan fingerprint density at radius 1 is 0.962 bits per heavy atom. The van der Waals surface area contributed by atoms with Crippen LogP contribution in [0.1, 0.15) is 37.8 Å². The lowest BCUT2D eigenvalue weighted by Gasteiger charge is -2.34. The number of rotatable bonds is 9. The van der Waals surface area contributed by atoms with Crippen LogP contribution in [-0.2, 0) is 17.8 Å². The average molecular weight is 355 g/mol. The summed E-state index contributed by atoms with van der Waals surface area (Å²) in [6.45, 7) is 4.47. The van der Waals surface area contributed by atoms with Crippen LogP contribution < -0.4 is 0 Å². The van der Waals surface area contributed by atoms with Crippen LogP contribution >= 0.6 is 0 Å². The first-order chi connectivity index (χ1) is 12.5. The van der Waals surface area contributed by atoms with Gasteiger partial charge in [0.1, 0.15) is 0 Å². The van der Waals surface area contributed by atoms with Gasteiger partial charge < -0.3 is 15.1 Å². The molecule has 0 bridgehead atoms. The molecule has 26 heavy (non-hydrogen) atoms. The lowest BCUT2D eigenvalue weighted by atomic mass is 10.00. The number of carbonyl (C=O) groups is 1. The number of benzene rings is 2. The Morgan fingerprint density at radius 3 is 2.00 bits per heavy atom. The molecule has 0 fully saturated rings. The van der Waals surface area contributed by atoms with Gasteiger partial charge in [0.05, 0.1) is 6.04 Å². The number of amides is 1. The molecule has 2 atom stereocenters. The first-order valence-corrected chi connectivity index (χ1v) is 9.24. The third kappa shape index (κ3) is 5.97. The molecular formula is C22H29NO3. The van der Waals surface area contributed by atoms with Crippen LogP contribution in [0.15, 0.2) is 60.7 Å². The topological polar surface area (TPSA) is 60.8 Å². The van der Waals surface area contributed by atoms with Gasteiger partial charge in [-0.05, 0) is 23.5 Å². The van der Waals surface area contributed by atoms with E-state index in [-0.39, 0.29) is 11.8 Å². The van der Waals surface area contributed by atoms with Crippen LogP contribution in [0.4, 0.5) is 0 Å². The molecule has 4 heteroatoms. The van der Waals surface area contributed by atoms with E-state index >= 15 is 0 Å². The quantitative estimate of drug-likeness (QED) is 0.678. The van der Waals surface area contributed by atoms with Crippen LogP contribution in [0.25, 0.3) is 0 Å². The number of hydrogen-bond acceptors (Lipinski definition) is 3. The maximum atomic E-state index is 13.0. The van der Waals surface area contributed by atoms with Crippen molar-refractivity contribution >= 4 is 5.91 Å². The highest BCUT2D eigenvalue weighted by molar-refractivity contribution is 5.77. The molecule has 140 valence electrons. The molecule has 0 aromatic heterocycles. The van der Waals surface area contributed by atoms with Gasteiger partial charge in [0, 0.05) is 13.0 Å². The summed E-state index contributed by atoms with van der Waals surface area (Å²) in [4.78, 5) is 14.6. The summed E-state index contributed by atoms with van der Waals surface area (Å²) in [7, 11) is 0. The minimum atomic E-state index is -1.60. The largest absolute Gasteiger partial charge is 0.366 e. The van der Waals surface area contributed by atoms with Crippen molar-refractivity contribution in [3.05, 3.63) is 71.8 Å². The predicted octanol–water partition coefficient (Wildman–Crippen LogP) is 3.37. The van der Waals surface area contributed by atoms with Gasteiger partial charge in [-0.2, -0.15) is 0 Å². The van der Waals surface area contributed by atoms with Gasteiger partial charge in [-0.25, -0.2) is 0 Å². The molecule has 0 saturated heterocycles. The van der Waals surface area contributed by atoms with E-state index in [1.807, 2.05) is 67.6 Å². The second kappa shape index (κ2) is 10.1. The number of nitrogens with zero attached hydrogens (tertiary/aromatic N) is 1. The molecule has 4 nitrogen and oxygen atoms in total. The van der Waals surface area contributed by atoms with Crippen molar-refractivity contribution in [2.45, 2.75) is 52.0 Å². The Kier molecular flexibility index (Phi) is 7.82. The number of hydrogen-bond donors (Lipinski definition) is 2. The fourth-order valence-corrected chi connectivity index (χ4v) is 2.96. The van der Waals surface area contributed by atoms with Crippen LogP contribution in [-0.4, -0.2) is 33.4 Å². The summed E-state index contributed by atoms with van der Waals surface area (Å²) in [6.07, 6.45) is 0.120. The van der Waals surface area contributed by atoms with Crippen molar-refractivity contribution in [2.24, 2.45) is 5.92 Å². The zero-order chi connectivity index (χ0) is 18.9. The maximum Gasteiger partial charge on any atom is 0.223 e. The molecule has 2 rings (SSSR count). The van der Waals surface area contributed by atoms with Gasteiger partial charge in [0.2, 0.25) is 5.91 Å². The van der Waals surface area contributed by atoms with Crippen LogP contribution in [0, 0.1) is 5.92 Å². The summed E-state index contributed by atoms with van der Waals surface area (Å²) in [5.41, 5.74) is 1.95. The van der Waals surface area contributed by atoms with Crippen LogP contribution in [0.2, 0.25) is 0 Å². The number of aliphatic hydroxyl groups is 2. The normalized spacial score (nSPS) is 13.4. The molecule has 1 unspecified atom stereocenters. The van der Waals surface area contributed by atoms with E-state index in [1.165, 1.54) is 0 Å². The SMILES string of the molecule is CCC(C)CC(=O)N(Cc1ccccc1)[C@@H](Cc1ccccc1)C(O)O. The van der Waals surface area contributed by atoms with E-state index in [0.29, 0.717) is 19.4 Å². The monoisotopic (exact) mass is 355 g/mol. The Morgan fingerprint density at radius 2 is 1.50 bits per heavy atom. The maximum absolute atomic E-state index is 13.0. The van der Waals surface area contributed by atoms with Crippen LogP contribution in [0.3, 0.4) is 0 Å². The predicted molar refractivity (Wildman–Crippen MR) is 103 cm³/mol. The highest BCUT2D eigenvalue weighted by atomic mass is 16.5.